The molecular formula is C18H24N4O2. The molecule has 0 spiro atoms. The normalized spacial score (nSPS) is 18.5. The zero-order chi connectivity index (χ0) is 16.9. The summed E-state index contributed by atoms with van der Waals surface area (Å²) in [5.41, 5.74) is 7.80. The van der Waals surface area contributed by atoms with Gasteiger partial charge in [0.15, 0.2) is 0 Å². The molecule has 2 heterocycles. The van der Waals surface area contributed by atoms with Crippen LogP contribution in [0.2, 0.25) is 0 Å². The van der Waals surface area contributed by atoms with Gasteiger partial charge in [-0.1, -0.05) is 17.7 Å². The van der Waals surface area contributed by atoms with Crippen LogP contribution in [0.25, 0.3) is 0 Å². The van der Waals surface area contributed by atoms with E-state index in [1.807, 2.05) is 12.1 Å². The van der Waals surface area contributed by atoms with Crippen LogP contribution in [0.1, 0.15) is 40.5 Å². The molecule has 0 aliphatic carbocycles. The first-order valence-corrected chi connectivity index (χ1v) is 8.39. The first-order chi connectivity index (χ1) is 11.6. The van der Waals surface area contributed by atoms with Crippen molar-refractivity contribution < 1.29 is 9.53 Å². The van der Waals surface area contributed by atoms with Gasteiger partial charge >= 0.3 is 0 Å². The van der Waals surface area contributed by atoms with E-state index < -0.39 is 5.91 Å². The molecule has 6 heteroatoms. The predicted octanol–water partition coefficient (Wildman–Crippen LogP) is 2.08. The van der Waals surface area contributed by atoms with Crippen LogP contribution in [-0.2, 0) is 0 Å². The number of nitrogens with one attached hydrogen (secondary N) is 1. The highest BCUT2D eigenvalue weighted by atomic mass is 16.5. The first-order valence-electron chi connectivity index (χ1n) is 8.39. The van der Waals surface area contributed by atoms with Gasteiger partial charge in [0.1, 0.15) is 18.1 Å². The molecule has 1 atom stereocenters. The quantitative estimate of drug-likeness (QED) is 0.850. The lowest BCUT2D eigenvalue weighted by Crippen LogP contribution is -2.37. The van der Waals surface area contributed by atoms with Crippen molar-refractivity contribution in [3.8, 4) is 5.75 Å². The molecule has 1 aromatic carbocycles. The summed E-state index contributed by atoms with van der Waals surface area (Å²) in [6.45, 7) is 5.64. The molecule has 1 aliphatic heterocycles. The fourth-order valence-electron chi connectivity index (χ4n) is 3.11. The van der Waals surface area contributed by atoms with Crippen LogP contribution in [0, 0.1) is 6.92 Å². The molecule has 3 N–H and O–H groups in total. The number of aryl methyl sites for hydroxylation is 1. The van der Waals surface area contributed by atoms with Gasteiger partial charge in [-0.2, -0.15) is 5.10 Å². The van der Waals surface area contributed by atoms with Gasteiger partial charge in [0.05, 0.1) is 0 Å². The van der Waals surface area contributed by atoms with E-state index in [4.69, 9.17) is 10.5 Å². The number of H-pyrrole nitrogens is 1. The molecule has 6 nitrogen and oxygen atoms in total. The molecular weight excluding hydrogens is 304 g/mol. The largest absolute Gasteiger partial charge is 0.492 e. The van der Waals surface area contributed by atoms with Gasteiger partial charge in [-0.05, 0) is 44.5 Å². The van der Waals surface area contributed by atoms with Crippen molar-refractivity contribution in [1.29, 1.82) is 0 Å². The highest BCUT2D eigenvalue weighted by Gasteiger charge is 2.23. The minimum Gasteiger partial charge on any atom is -0.492 e. The van der Waals surface area contributed by atoms with E-state index in [1.54, 1.807) is 6.07 Å². The van der Waals surface area contributed by atoms with Crippen LogP contribution < -0.4 is 10.5 Å². The van der Waals surface area contributed by atoms with Gasteiger partial charge in [-0.25, -0.2) is 0 Å². The Bertz CT molecular complexity index is 681. The first kappa shape index (κ1) is 16.5. The average Bonchev–Trinajstić information content (AvgIpc) is 3.07. The summed E-state index contributed by atoms with van der Waals surface area (Å²) in [4.78, 5) is 13.6. The molecule has 1 aliphatic rings. The summed E-state index contributed by atoms with van der Waals surface area (Å²) in [7, 11) is 0. The van der Waals surface area contributed by atoms with E-state index in [2.05, 4.69) is 34.2 Å². The third-order valence-corrected chi connectivity index (χ3v) is 4.49. The second-order valence-electron chi connectivity index (χ2n) is 6.37. The maximum Gasteiger partial charge on any atom is 0.269 e. The number of likely N-dealkylation sites (tertiary alicyclic amines) is 1. The minimum absolute atomic E-state index is 0.310. The van der Waals surface area contributed by atoms with Crippen LogP contribution in [0.15, 0.2) is 30.3 Å². The van der Waals surface area contributed by atoms with E-state index in [0.29, 0.717) is 18.2 Å². The summed E-state index contributed by atoms with van der Waals surface area (Å²) >= 11 is 0. The molecule has 1 saturated heterocycles. The fraction of sp³-hybridized carbons (Fsp3) is 0.444. The van der Waals surface area contributed by atoms with E-state index in [-0.39, 0.29) is 0 Å². The zero-order valence-electron chi connectivity index (χ0n) is 14.0. The van der Waals surface area contributed by atoms with Crippen molar-refractivity contribution in [1.82, 2.24) is 15.1 Å². The number of carbonyl (C=O) groups excluding carboxylic acids is 1. The monoisotopic (exact) mass is 328 g/mol. The topological polar surface area (TPSA) is 84.2 Å². The smallest absolute Gasteiger partial charge is 0.269 e. The summed E-state index contributed by atoms with van der Waals surface area (Å²) < 4.78 is 5.82. The van der Waals surface area contributed by atoms with Crippen LogP contribution in [0.4, 0.5) is 0 Å². The van der Waals surface area contributed by atoms with Crippen molar-refractivity contribution in [2.75, 3.05) is 26.2 Å². The number of rotatable bonds is 6. The number of nitrogens with two attached hydrogens (primary N) is 1. The summed E-state index contributed by atoms with van der Waals surface area (Å²) in [6.07, 6.45) is 2.22. The molecule has 128 valence electrons. The van der Waals surface area contributed by atoms with Crippen LogP contribution >= 0.6 is 0 Å². The summed E-state index contributed by atoms with van der Waals surface area (Å²) in [5.74, 6) is 0.782. The average molecular weight is 328 g/mol. The van der Waals surface area contributed by atoms with E-state index in [1.165, 1.54) is 5.56 Å². The Labute approximate surface area is 142 Å². The summed E-state index contributed by atoms with van der Waals surface area (Å²) in [5, 5.41) is 6.94. The van der Waals surface area contributed by atoms with Gasteiger partial charge in [0, 0.05) is 24.7 Å². The number of aromatic nitrogens is 2. The number of nitrogens with zero attached hydrogens (tertiary/aromatic N) is 2. The molecule has 3 rings (SSSR count). The van der Waals surface area contributed by atoms with E-state index in [0.717, 1.165) is 43.9 Å². The lowest BCUT2D eigenvalue weighted by atomic mass is 9.94. The highest BCUT2D eigenvalue weighted by Crippen LogP contribution is 2.25. The standard InChI is InChI=1S/C18H24N4O2/c1-13-4-6-15(7-5-13)24-10-9-22-8-2-3-14(12-22)16-11-17(18(19)23)21-20-16/h4-7,11,14H,2-3,8-10,12H2,1H3,(H2,19,23)(H,20,21)/t14-/m1/s1. The number of hydrogen-bond donors (Lipinski definition) is 2. The molecule has 0 unspecified atom stereocenters. The molecule has 0 saturated carbocycles. The number of piperidine rings is 1. The van der Waals surface area contributed by atoms with Crippen molar-refractivity contribution in [2.24, 2.45) is 5.73 Å². The molecule has 1 aromatic heterocycles. The third kappa shape index (κ3) is 4.14. The number of ether oxygens (including phenoxy) is 1. The number of primary amides is 1. The van der Waals surface area contributed by atoms with Crippen LogP contribution in [0.3, 0.4) is 0 Å². The third-order valence-electron chi connectivity index (χ3n) is 4.49. The number of hydrogen-bond acceptors (Lipinski definition) is 4. The summed E-state index contributed by atoms with van der Waals surface area (Å²) in [6, 6.07) is 9.90. The fourth-order valence-corrected chi connectivity index (χ4v) is 3.11. The molecule has 24 heavy (non-hydrogen) atoms. The second kappa shape index (κ2) is 7.49. The van der Waals surface area contributed by atoms with Crippen molar-refractivity contribution >= 4 is 5.91 Å². The van der Waals surface area contributed by atoms with Gasteiger partial charge < -0.3 is 10.5 Å². The molecule has 1 amide bonds. The molecule has 1 fully saturated rings. The Balaban J connectivity index is 1.49. The Kier molecular flexibility index (Phi) is 5.15. The highest BCUT2D eigenvalue weighted by molar-refractivity contribution is 5.90. The van der Waals surface area contributed by atoms with Gasteiger partial charge in [-0.15, -0.1) is 0 Å². The minimum atomic E-state index is -0.489. The molecule has 0 bridgehead atoms. The predicted molar refractivity (Wildman–Crippen MR) is 92.2 cm³/mol. The number of aromatic amines is 1. The Morgan fingerprint density at radius 1 is 1.42 bits per heavy atom. The Morgan fingerprint density at radius 3 is 2.92 bits per heavy atom. The Morgan fingerprint density at radius 2 is 2.21 bits per heavy atom. The van der Waals surface area contributed by atoms with Crippen molar-refractivity contribution in [2.45, 2.75) is 25.7 Å². The van der Waals surface area contributed by atoms with Gasteiger partial charge in [0.25, 0.3) is 5.91 Å². The maximum absolute atomic E-state index is 11.2. The lowest BCUT2D eigenvalue weighted by Gasteiger charge is -2.32. The lowest BCUT2D eigenvalue weighted by molar-refractivity contribution is 0.0995. The molecule has 0 radical (unpaired) electrons. The van der Waals surface area contributed by atoms with E-state index in [9.17, 15) is 4.79 Å². The maximum atomic E-state index is 11.2. The molecule has 2 aromatic rings. The van der Waals surface area contributed by atoms with E-state index >= 15 is 0 Å². The number of amides is 1. The van der Waals surface area contributed by atoms with Crippen molar-refractivity contribution in [3.63, 3.8) is 0 Å². The second-order valence-corrected chi connectivity index (χ2v) is 6.37. The van der Waals surface area contributed by atoms with Crippen molar-refractivity contribution in [3.05, 3.63) is 47.3 Å². The van der Waals surface area contributed by atoms with Gasteiger partial charge in [0.2, 0.25) is 0 Å². The SMILES string of the molecule is Cc1ccc(OCCN2CCC[C@@H](c3cc(C(N)=O)n[nH]3)C2)cc1. The van der Waals surface area contributed by atoms with Crippen LogP contribution in [-0.4, -0.2) is 47.2 Å². The van der Waals surface area contributed by atoms with Gasteiger partial charge in [-0.3, -0.25) is 14.8 Å². The zero-order valence-corrected chi connectivity index (χ0v) is 14.0. The number of benzene rings is 1. The van der Waals surface area contributed by atoms with Crippen LogP contribution in [0.5, 0.6) is 5.75 Å². The Hall–Kier alpha value is -2.34. The number of carbonyl (C=O) groups is 1.